The lowest BCUT2D eigenvalue weighted by atomic mass is 9.90. The smallest absolute Gasteiger partial charge is 0.320 e. The Kier molecular flexibility index (Phi) is 6.63. The highest BCUT2D eigenvalue weighted by atomic mass is 16.2. The molecule has 0 unspecified atom stereocenters. The number of carbonyl (C=O) groups is 1. The summed E-state index contributed by atoms with van der Waals surface area (Å²) in [6.45, 7) is 9.43. The minimum absolute atomic E-state index is 0.169. The summed E-state index contributed by atoms with van der Waals surface area (Å²) in [5.41, 5.74) is 5.82. The van der Waals surface area contributed by atoms with Gasteiger partial charge in [0, 0.05) is 26.2 Å². The number of amides is 2. The zero-order valence-electron chi connectivity index (χ0n) is 13.0. The monoisotopic (exact) mass is 269 g/mol. The first kappa shape index (κ1) is 16.3. The lowest BCUT2D eigenvalue weighted by Gasteiger charge is -2.44. The first-order valence-corrected chi connectivity index (χ1v) is 7.91. The summed E-state index contributed by atoms with van der Waals surface area (Å²) in [5, 5.41) is 0. The molecule has 1 saturated heterocycles. The first-order valence-electron chi connectivity index (χ1n) is 7.91. The van der Waals surface area contributed by atoms with Gasteiger partial charge in [-0.1, -0.05) is 26.7 Å². The second-order valence-electron chi connectivity index (χ2n) is 5.56. The maximum atomic E-state index is 12.8. The van der Waals surface area contributed by atoms with Crippen LogP contribution in [0.15, 0.2) is 0 Å². The van der Waals surface area contributed by atoms with Gasteiger partial charge in [-0.3, -0.25) is 0 Å². The van der Waals surface area contributed by atoms with Crippen molar-refractivity contribution >= 4 is 6.03 Å². The van der Waals surface area contributed by atoms with E-state index in [0.29, 0.717) is 6.54 Å². The van der Waals surface area contributed by atoms with E-state index in [-0.39, 0.29) is 11.6 Å². The topological polar surface area (TPSA) is 49.6 Å². The molecular weight excluding hydrogens is 238 g/mol. The predicted octanol–water partition coefficient (Wildman–Crippen LogP) is 2.82. The Balaban J connectivity index is 2.84. The van der Waals surface area contributed by atoms with Crippen molar-refractivity contribution in [2.45, 2.75) is 64.8 Å². The summed E-state index contributed by atoms with van der Waals surface area (Å²) in [4.78, 5) is 16.8. The molecule has 2 N–H and O–H groups in total. The molecule has 0 aromatic rings. The Hall–Kier alpha value is -0.770. The van der Waals surface area contributed by atoms with E-state index in [1.807, 2.05) is 9.80 Å². The Morgan fingerprint density at radius 1 is 1.11 bits per heavy atom. The highest BCUT2D eigenvalue weighted by Gasteiger charge is 2.36. The molecule has 0 aromatic heterocycles. The molecule has 1 fully saturated rings. The van der Waals surface area contributed by atoms with Crippen molar-refractivity contribution in [1.29, 1.82) is 0 Å². The molecule has 0 bridgehead atoms. The van der Waals surface area contributed by atoms with E-state index >= 15 is 0 Å². The van der Waals surface area contributed by atoms with Crippen LogP contribution in [0.2, 0.25) is 0 Å². The number of hydrogen-bond acceptors (Lipinski definition) is 2. The lowest BCUT2D eigenvalue weighted by molar-refractivity contribution is 0.0855. The summed E-state index contributed by atoms with van der Waals surface area (Å²) < 4.78 is 0. The van der Waals surface area contributed by atoms with Crippen LogP contribution in [0.5, 0.6) is 0 Å². The summed E-state index contributed by atoms with van der Waals surface area (Å²) >= 11 is 0. The normalized spacial score (nSPS) is 17.2. The Morgan fingerprint density at radius 3 is 2.00 bits per heavy atom. The van der Waals surface area contributed by atoms with Crippen LogP contribution >= 0.6 is 0 Å². The summed E-state index contributed by atoms with van der Waals surface area (Å²) in [6.07, 6.45) is 6.62. The first-order chi connectivity index (χ1) is 9.15. The number of carbonyl (C=O) groups excluding carboxylic acids is 1. The lowest BCUT2D eigenvalue weighted by Crippen LogP contribution is -2.59. The van der Waals surface area contributed by atoms with Crippen molar-refractivity contribution in [3.05, 3.63) is 0 Å². The summed E-state index contributed by atoms with van der Waals surface area (Å²) in [6, 6.07) is 0.193. The third-order valence-electron chi connectivity index (χ3n) is 4.69. The quantitative estimate of drug-likeness (QED) is 0.834. The molecule has 4 heteroatoms. The fourth-order valence-corrected chi connectivity index (χ4v) is 3.14. The predicted molar refractivity (Wildman–Crippen MR) is 80.2 cm³/mol. The van der Waals surface area contributed by atoms with E-state index in [9.17, 15) is 4.79 Å². The molecule has 19 heavy (non-hydrogen) atoms. The van der Waals surface area contributed by atoms with Crippen molar-refractivity contribution in [3.63, 3.8) is 0 Å². The van der Waals surface area contributed by atoms with Crippen LogP contribution in [0.4, 0.5) is 4.79 Å². The number of rotatable bonds is 5. The van der Waals surface area contributed by atoms with E-state index in [4.69, 9.17) is 5.73 Å². The van der Waals surface area contributed by atoms with Crippen molar-refractivity contribution < 1.29 is 4.79 Å². The van der Waals surface area contributed by atoms with Gasteiger partial charge in [-0.05, 0) is 32.6 Å². The molecular formula is C15H31N3O. The van der Waals surface area contributed by atoms with Gasteiger partial charge in [-0.25, -0.2) is 4.79 Å². The number of hydrogen-bond donors (Lipinski definition) is 1. The van der Waals surface area contributed by atoms with E-state index in [0.717, 1.165) is 45.3 Å². The number of likely N-dealkylation sites (N-methyl/N-ethyl adjacent to an activating group) is 1. The van der Waals surface area contributed by atoms with Gasteiger partial charge in [0.15, 0.2) is 0 Å². The van der Waals surface area contributed by atoms with E-state index < -0.39 is 0 Å². The van der Waals surface area contributed by atoms with Crippen molar-refractivity contribution in [3.8, 4) is 0 Å². The van der Waals surface area contributed by atoms with E-state index in [1.165, 1.54) is 12.8 Å². The van der Waals surface area contributed by atoms with Crippen LogP contribution in [0.3, 0.4) is 0 Å². The molecule has 1 rings (SSSR count). The van der Waals surface area contributed by atoms with Crippen LogP contribution < -0.4 is 5.73 Å². The third kappa shape index (κ3) is 3.62. The van der Waals surface area contributed by atoms with Gasteiger partial charge in [-0.2, -0.15) is 0 Å². The largest absolute Gasteiger partial charge is 0.328 e. The SMILES string of the molecule is CCN(C(=O)N1CCCCCC1)C(CC)(CC)CN. The minimum Gasteiger partial charge on any atom is -0.328 e. The van der Waals surface area contributed by atoms with Crippen molar-refractivity contribution in [2.75, 3.05) is 26.2 Å². The highest BCUT2D eigenvalue weighted by Crippen LogP contribution is 2.25. The average molecular weight is 269 g/mol. The minimum atomic E-state index is -0.169. The van der Waals surface area contributed by atoms with Gasteiger partial charge < -0.3 is 15.5 Å². The van der Waals surface area contributed by atoms with Gasteiger partial charge in [0.25, 0.3) is 0 Å². The fourth-order valence-electron chi connectivity index (χ4n) is 3.14. The number of urea groups is 1. The Bertz CT molecular complexity index is 260. The van der Waals surface area contributed by atoms with Crippen molar-refractivity contribution in [2.24, 2.45) is 5.73 Å². The van der Waals surface area contributed by atoms with Crippen LogP contribution in [0, 0.1) is 0 Å². The van der Waals surface area contributed by atoms with Crippen LogP contribution in [-0.4, -0.2) is 47.5 Å². The van der Waals surface area contributed by atoms with Gasteiger partial charge in [0.1, 0.15) is 0 Å². The fraction of sp³-hybridized carbons (Fsp3) is 0.933. The molecule has 0 spiro atoms. The van der Waals surface area contributed by atoms with Crippen LogP contribution in [0.25, 0.3) is 0 Å². The highest BCUT2D eigenvalue weighted by molar-refractivity contribution is 5.75. The van der Waals surface area contributed by atoms with E-state index in [1.54, 1.807) is 0 Å². The molecule has 0 aliphatic carbocycles. The number of nitrogens with zero attached hydrogens (tertiary/aromatic N) is 2. The van der Waals surface area contributed by atoms with Gasteiger partial charge in [0.2, 0.25) is 0 Å². The molecule has 1 aliphatic rings. The molecule has 0 aromatic carbocycles. The maximum Gasteiger partial charge on any atom is 0.320 e. The molecule has 0 atom stereocenters. The Morgan fingerprint density at radius 2 is 1.63 bits per heavy atom. The molecule has 2 amide bonds. The average Bonchev–Trinajstić information content (AvgIpc) is 2.73. The molecule has 0 saturated carbocycles. The molecule has 4 nitrogen and oxygen atoms in total. The number of nitrogens with two attached hydrogens (primary N) is 1. The molecule has 1 heterocycles. The standard InChI is InChI=1S/C15H31N3O/c1-4-15(5-2,13-16)18(6-3)14(19)17-11-9-7-8-10-12-17/h4-13,16H2,1-3H3. The molecule has 0 radical (unpaired) electrons. The third-order valence-corrected chi connectivity index (χ3v) is 4.69. The zero-order valence-corrected chi connectivity index (χ0v) is 13.0. The van der Waals surface area contributed by atoms with Crippen molar-refractivity contribution in [1.82, 2.24) is 9.80 Å². The maximum absolute atomic E-state index is 12.8. The zero-order chi connectivity index (χ0) is 14.3. The Labute approximate surface area is 118 Å². The van der Waals surface area contributed by atoms with Gasteiger partial charge in [0.05, 0.1) is 5.54 Å². The second kappa shape index (κ2) is 7.73. The van der Waals surface area contributed by atoms with Gasteiger partial charge in [-0.15, -0.1) is 0 Å². The van der Waals surface area contributed by atoms with Gasteiger partial charge >= 0.3 is 6.03 Å². The second-order valence-corrected chi connectivity index (χ2v) is 5.56. The van der Waals surface area contributed by atoms with Crippen LogP contribution in [0.1, 0.15) is 59.3 Å². The van der Waals surface area contributed by atoms with E-state index in [2.05, 4.69) is 20.8 Å². The molecule has 1 aliphatic heterocycles. The van der Waals surface area contributed by atoms with Crippen LogP contribution in [-0.2, 0) is 0 Å². The summed E-state index contributed by atoms with van der Waals surface area (Å²) in [7, 11) is 0. The number of likely N-dealkylation sites (tertiary alicyclic amines) is 1. The molecule has 112 valence electrons. The summed E-state index contributed by atoms with van der Waals surface area (Å²) in [5.74, 6) is 0.